The molecule has 3 unspecified atom stereocenters. The van der Waals surface area contributed by atoms with Crippen LogP contribution in [-0.4, -0.2) is 46.5 Å². The van der Waals surface area contributed by atoms with Crippen LogP contribution in [0.2, 0.25) is 0 Å². The lowest BCUT2D eigenvalue weighted by atomic mass is 9.94. The molecule has 1 rings (SSSR count). The van der Waals surface area contributed by atoms with Gasteiger partial charge in [-0.05, 0) is 71.6 Å². The number of amides is 3. The normalized spacial score (nSPS) is 14.1. The Morgan fingerprint density at radius 1 is 1.03 bits per heavy atom. The Kier molecular flexibility index (Phi) is 12.2. The van der Waals surface area contributed by atoms with E-state index in [0.29, 0.717) is 24.1 Å². The number of alkyl carbamates (subject to hydrolysis) is 1. The van der Waals surface area contributed by atoms with Crippen molar-refractivity contribution in [1.82, 2.24) is 15.5 Å². The van der Waals surface area contributed by atoms with Gasteiger partial charge in [0.2, 0.25) is 11.8 Å². The highest BCUT2D eigenvalue weighted by atomic mass is 16.6. The molecule has 7 heteroatoms. The first-order valence-corrected chi connectivity index (χ1v) is 13.3. The summed E-state index contributed by atoms with van der Waals surface area (Å²) in [5.41, 5.74) is 0.135. The number of ether oxygens (including phenoxy) is 1. The fourth-order valence-corrected chi connectivity index (χ4v) is 3.87. The van der Waals surface area contributed by atoms with Gasteiger partial charge in [0.1, 0.15) is 17.7 Å². The fraction of sp³-hybridized carbons (Fsp3) is 0.633. The number of hydrogen-bond acceptors (Lipinski definition) is 4. The second-order valence-electron chi connectivity index (χ2n) is 11.7. The van der Waals surface area contributed by atoms with Crippen molar-refractivity contribution >= 4 is 17.9 Å². The van der Waals surface area contributed by atoms with Crippen molar-refractivity contribution in [3.8, 4) is 12.3 Å². The number of benzene rings is 1. The van der Waals surface area contributed by atoms with Gasteiger partial charge in [0.25, 0.3) is 0 Å². The van der Waals surface area contributed by atoms with E-state index >= 15 is 0 Å². The zero-order chi connectivity index (χ0) is 28.4. The Hall–Kier alpha value is -3.01. The molecule has 0 saturated heterocycles. The van der Waals surface area contributed by atoms with E-state index in [1.807, 2.05) is 34.6 Å². The van der Waals surface area contributed by atoms with Crippen LogP contribution in [0.15, 0.2) is 24.3 Å². The third-order valence-corrected chi connectivity index (χ3v) is 5.89. The summed E-state index contributed by atoms with van der Waals surface area (Å²) in [5.74, 6) is 1.82. The molecular weight excluding hydrogens is 466 g/mol. The van der Waals surface area contributed by atoms with Crippen molar-refractivity contribution in [3.63, 3.8) is 0 Å². The topological polar surface area (TPSA) is 87.7 Å². The van der Waals surface area contributed by atoms with Crippen LogP contribution >= 0.6 is 0 Å². The number of rotatable bonds is 11. The Balaban J connectivity index is 3.57. The molecule has 0 bridgehead atoms. The lowest BCUT2D eigenvalue weighted by Gasteiger charge is -2.37. The highest BCUT2D eigenvalue weighted by molar-refractivity contribution is 5.92. The number of carbonyl (C=O) groups is 3. The average molecular weight is 514 g/mol. The monoisotopic (exact) mass is 513 g/mol. The largest absolute Gasteiger partial charge is 0.444 e. The lowest BCUT2D eigenvalue weighted by Crippen LogP contribution is -2.56. The van der Waals surface area contributed by atoms with Gasteiger partial charge in [0.15, 0.2) is 0 Å². The minimum absolute atomic E-state index is 0.177. The maximum absolute atomic E-state index is 14.2. The first kappa shape index (κ1) is 32.0. The average Bonchev–Trinajstić information content (AvgIpc) is 2.79. The maximum Gasteiger partial charge on any atom is 0.408 e. The molecule has 0 spiro atoms. The molecule has 7 nitrogen and oxygen atoms in total. The van der Waals surface area contributed by atoms with Crippen LogP contribution in [0.3, 0.4) is 0 Å². The molecule has 0 aliphatic carbocycles. The van der Waals surface area contributed by atoms with Gasteiger partial charge < -0.3 is 20.3 Å². The Morgan fingerprint density at radius 3 is 2.08 bits per heavy atom. The third-order valence-electron chi connectivity index (χ3n) is 5.89. The minimum Gasteiger partial charge on any atom is -0.444 e. The van der Waals surface area contributed by atoms with Gasteiger partial charge in [0.05, 0.1) is 0 Å². The molecule has 0 heterocycles. The molecule has 0 saturated carbocycles. The van der Waals surface area contributed by atoms with Gasteiger partial charge in [-0.1, -0.05) is 58.1 Å². The molecule has 0 radical (unpaired) electrons. The van der Waals surface area contributed by atoms with Crippen molar-refractivity contribution in [2.75, 3.05) is 6.54 Å². The predicted molar refractivity (Wildman–Crippen MR) is 149 cm³/mol. The van der Waals surface area contributed by atoms with E-state index in [1.165, 1.54) is 0 Å². The summed E-state index contributed by atoms with van der Waals surface area (Å²) in [6.07, 6.45) is 8.13. The minimum atomic E-state index is -0.887. The molecule has 2 N–H and O–H groups in total. The summed E-state index contributed by atoms with van der Waals surface area (Å²) in [5, 5.41) is 5.84. The van der Waals surface area contributed by atoms with Crippen molar-refractivity contribution in [1.29, 1.82) is 0 Å². The van der Waals surface area contributed by atoms with Crippen LogP contribution in [0.1, 0.15) is 105 Å². The molecule has 1 aromatic carbocycles. The molecule has 3 atom stereocenters. The van der Waals surface area contributed by atoms with E-state index < -0.39 is 29.3 Å². The molecule has 3 amide bonds. The zero-order valence-electron chi connectivity index (χ0n) is 24.2. The van der Waals surface area contributed by atoms with Gasteiger partial charge in [-0.15, -0.1) is 6.42 Å². The van der Waals surface area contributed by atoms with E-state index in [1.54, 1.807) is 49.9 Å². The molecule has 0 aliphatic heterocycles. The van der Waals surface area contributed by atoms with E-state index in [9.17, 15) is 14.4 Å². The standard InChI is InChI=1S/C30H47N3O4/c1-11-14-15-20-33(27(35)24(21(4)12-2)31-28(36)37-30(8,9)10)25(26(34)32-29(5,6)7)23-18-16-22(13-3)17-19-23/h3,16-19,21,24-25H,11-12,14-15,20H2,1-2,4-10H3,(H,31,36)(H,32,34). The van der Waals surface area contributed by atoms with Gasteiger partial charge in [-0.3, -0.25) is 9.59 Å². The Bertz CT molecular complexity index is 936. The Labute approximate surface area is 224 Å². The van der Waals surface area contributed by atoms with Gasteiger partial charge in [-0.25, -0.2) is 4.79 Å². The fourth-order valence-electron chi connectivity index (χ4n) is 3.87. The van der Waals surface area contributed by atoms with E-state index in [4.69, 9.17) is 11.2 Å². The first-order valence-electron chi connectivity index (χ1n) is 13.3. The van der Waals surface area contributed by atoms with Gasteiger partial charge in [0, 0.05) is 17.6 Å². The number of nitrogens with one attached hydrogen (secondary N) is 2. The molecule has 206 valence electrons. The number of hydrogen-bond donors (Lipinski definition) is 2. The van der Waals surface area contributed by atoms with Crippen LogP contribution < -0.4 is 10.6 Å². The smallest absolute Gasteiger partial charge is 0.408 e. The Morgan fingerprint density at radius 2 is 1.62 bits per heavy atom. The summed E-state index contributed by atoms with van der Waals surface area (Å²) in [7, 11) is 0. The van der Waals surface area contributed by atoms with Crippen molar-refractivity contribution in [2.24, 2.45) is 5.92 Å². The predicted octanol–water partition coefficient (Wildman–Crippen LogP) is 5.58. The van der Waals surface area contributed by atoms with E-state index in [-0.39, 0.29) is 17.7 Å². The van der Waals surface area contributed by atoms with Crippen LogP contribution in [-0.2, 0) is 14.3 Å². The van der Waals surface area contributed by atoms with E-state index in [0.717, 1.165) is 19.3 Å². The van der Waals surface area contributed by atoms with Crippen LogP contribution in [0.25, 0.3) is 0 Å². The molecule has 0 aromatic heterocycles. The van der Waals surface area contributed by atoms with Crippen LogP contribution in [0, 0.1) is 18.3 Å². The molecule has 1 aromatic rings. The van der Waals surface area contributed by atoms with Crippen LogP contribution in [0.4, 0.5) is 4.79 Å². The zero-order valence-corrected chi connectivity index (χ0v) is 24.2. The molecule has 0 aliphatic rings. The summed E-state index contributed by atoms with van der Waals surface area (Å²) in [6.45, 7) is 17.4. The second kappa shape index (κ2) is 14.1. The first-order chi connectivity index (χ1) is 17.1. The lowest BCUT2D eigenvalue weighted by molar-refractivity contribution is -0.144. The number of nitrogens with zero attached hydrogens (tertiary/aromatic N) is 1. The quantitative estimate of drug-likeness (QED) is 0.299. The van der Waals surface area contributed by atoms with Crippen molar-refractivity contribution in [3.05, 3.63) is 35.4 Å². The number of carbonyl (C=O) groups excluding carboxylic acids is 3. The highest BCUT2D eigenvalue weighted by Gasteiger charge is 2.38. The maximum atomic E-state index is 14.2. The van der Waals surface area contributed by atoms with Gasteiger partial charge >= 0.3 is 6.09 Å². The summed E-state index contributed by atoms with van der Waals surface area (Å²) in [6, 6.07) is 5.39. The van der Waals surface area contributed by atoms with E-state index in [2.05, 4.69) is 23.5 Å². The number of unbranched alkanes of at least 4 members (excludes halogenated alkanes) is 2. The molecular formula is C30H47N3O4. The summed E-state index contributed by atoms with van der Waals surface area (Å²) < 4.78 is 5.46. The highest BCUT2D eigenvalue weighted by Crippen LogP contribution is 2.26. The summed E-state index contributed by atoms with van der Waals surface area (Å²) in [4.78, 5) is 42.2. The molecule has 37 heavy (non-hydrogen) atoms. The summed E-state index contributed by atoms with van der Waals surface area (Å²) >= 11 is 0. The van der Waals surface area contributed by atoms with Crippen molar-refractivity contribution < 1.29 is 19.1 Å². The van der Waals surface area contributed by atoms with Gasteiger partial charge in [-0.2, -0.15) is 0 Å². The van der Waals surface area contributed by atoms with Crippen molar-refractivity contribution in [2.45, 2.75) is 111 Å². The third kappa shape index (κ3) is 10.9. The SMILES string of the molecule is C#Cc1ccc(C(C(=O)NC(C)(C)C)N(CCCCC)C(=O)C(NC(=O)OC(C)(C)C)C(C)CC)cc1. The molecule has 0 fully saturated rings. The number of terminal acetylenes is 1. The van der Waals surface area contributed by atoms with Crippen LogP contribution in [0.5, 0.6) is 0 Å². The second-order valence-corrected chi connectivity index (χ2v) is 11.7.